The first-order valence-corrected chi connectivity index (χ1v) is 10.1. The van der Waals surface area contributed by atoms with Crippen LogP contribution in [0.5, 0.6) is 0 Å². The number of nitrogens with one attached hydrogen (secondary N) is 2. The number of halogens is 2. The second-order valence-corrected chi connectivity index (χ2v) is 7.42. The molecule has 3 aromatic heterocycles. The number of benzene rings is 2. The summed E-state index contributed by atoms with van der Waals surface area (Å²) >= 11 is 12.1. The quantitative estimate of drug-likeness (QED) is 0.240. The zero-order valence-corrected chi connectivity index (χ0v) is 17.7. The third-order valence-electron chi connectivity index (χ3n) is 4.30. The molecule has 0 saturated heterocycles. The van der Waals surface area contributed by atoms with Crippen LogP contribution in [0.3, 0.4) is 0 Å². The highest BCUT2D eigenvalue weighted by molar-refractivity contribution is 6.31. The van der Waals surface area contributed by atoms with E-state index >= 15 is 0 Å². The number of fused-ring (bicyclic) bond motifs is 1. The molecule has 0 aliphatic carbocycles. The van der Waals surface area contributed by atoms with Crippen molar-refractivity contribution in [2.45, 2.75) is 0 Å². The highest BCUT2D eigenvalue weighted by atomic mass is 35.5. The van der Waals surface area contributed by atoms with Gasteiger partial charge in [-0.3, -0.25) is 5.43 Å². The van der Waals surface area contributed by atoms with Gasteiger partial charge in [0.05, 0.1) is 6.21 Å². The minimum atomic E-state index is 0.237. The van der Waals surface area contributed by atoms with Gasteiger partial charge in [0.15, 0.2) is 11.6 Å². The third-order valence-corrected chi connectivity index (χ3v) is 4.77. The molecule has 158 valence electrons. The Balaban J connectivity index is 1.38. The van der Waals surface area contributed by atoms with E-state index in [2.05, 4.69) is 36.1 Å². The average molecular weight is 466 g/mol. The predicted molar refractivity (Wildman–Crippen MR) is 122 cm³/mol. The Morgan fingerprint density at radius 1 is 0.844 bits per heavy atom. The summed E-state index contributed by atoms with van der Waals surface area (Å²) in [6, 6.07) is 18.2. The molecule has 0 atom stereocenters. The highest BCUT2D eigenvalue weighted by Gasteiger charge is 2.13. The maximum Gasteiger partial charge on any atom is 0.245 e. The molecule has 0 radical (unpaired) electrons. The molecule has 9 nitrogen and oxygen atoms in total. The predicted octanol–water partition coefficient (Wildman–Crippen LogP) is 5.77. The van der Waals surface area contributed by atoms with Crippen molar-refractivity contribution in [2.75, 3.05) is 10.7 Å². The maximum atomic E-state index is 6.06. The molecule has 32 heavy (non-hydrogen) atoms. The molecule has 11 heteroatoms. The van der Waals surface area contributed by atoms with Crippen molar-refractivity contribution in [3.05, 3.63) is 76.5 Å². The van der Waals surface area contributed by atoms with Crippen molar-refractivity contribution in [1.29, 1.82) is 0 Å². The van der Waals surface area contributed by atoms with Crippen LogP contribution >= 0.6 is 23.2 Å². The van der Waals surface area contributed by atoms with E-state index in [0.29, 0.717) is 38.9 Å². The lowest BCUT2D eigenvalue weighted by Crippen LogP contribution is -2.03. The molecule has 5 rings (SSSR count). The third kappa shape index (κ3) is 4.39. The number of furan rings is 1. The van der Waals surface area contributed by atoms with Gasteiger partial charge in [0.25, 0.3) is 0 Å². The van der Waals surface area contributed by atoms with Crippen molar-refractivity contribution in [1.82, 2.24) is 20.3 Å². The van der Waals surface area contributed by atoms with E-state index in [1.165, 1.54) is 6.21 Å². The molecular formula is C21H13Cl2N7O2. The van der Waals surface area contributed by atoms with E-state index < -0.39 is 0 Å². The lowest BCUT2D eigenvalue weighted by molar-refractivity contribution is 0.314. The second-order valence-electron chi connectivity index (χ2n) is 6.55. The molecule has 0 fully saturated rings. The summed E-state index contributed by atoms with van der Waals surface area (Å²) in [5, 5.41) is 16.0. The zero-order valence-electron chi connectivity index (χ0n) is 16.2. The lowest BCUT2D eigenvalue weighted by Gasteiger charge is -2.09. The van der Waals surface area contributed by atoms with Crippen LogP contribution in [0.25, 0.3) is 22.6 Å². The summed E-state index contributed by atoms with van der Waals surface area (Å²) in [5.74, 6) is 1.89. The van der Waals surface area contributed by atoms with Crippen LogP contribution in [0.1, 0.15) is 5.76 Å². The molecule has 0 spiro atoms. The number of nitrogens with zero attached hydrogens (tertiary/aromatic N) is 5. The largest absolute Gasteiger partial charge is 0.455 e. The van der Waals surface area contributed by atoms with Gasteiger partial charge in [-0.25, -0.2) is 9.61 Å². The number of anilines is 3. The van der Waals surface area contributed by atoms with Gasteiger partial charge in [-0.05, 0) is 52.8 Å². The fourth-order valence-corrected chi connectivity index (χ4v) is 3.26. The summed E-state index contributed by atoms with van der Waals surface area (Å²) in [4.78, 5) is 8.73. The average Bonchev–Trinajstić information content (AvgIpc) is 3.43. The number of aromatic nitrogens is 4. The zero-order chi connectivity index (χ0) is 21.9. The van der Waals surface area contributed by atoms with Gasteiger partial charge in [-0.1, -0.05) is 41.4 Å². The molecule has 0 unspecified atom stereocenters. The van der Waals surface area contributed by atoms with Crippen molar-refractivity contribution in [3.8, 4) is 11.3 Å². The van der Waals surface area contributed by atoms with Crippen molar-refractivity contribution >= 4 is 58.0 Å². The van der Waals surface area contributed by atoms with Crippen LogP contribution in [0.2, 0.25) is 10.0 Å². The molecule has 0 amide bonds. The minimum Gasteiger partial charge on any atom is -0.455 e. The molecular weight excluding hydrogens is 453 g/mol. The van der Waals surface area contributed by atoms with Crippen molar-refractivity contribution in [3.63, 3.8) is 0 Å². The number of hydrazone groups is 1. The monoisotopic (exact) mass is 465 g/mol. The van der Waals surface area contributed by atoms with E-state index in [1.54, 1.807) is 24.3 Å². The van der Waals surface area contributed by atoms with Gasteiger partial charge in [0.2, 0.25) is 11.3 Å². The SMILES string of the molecule is Clc1cccc(Nc2nc3nonc3nc2N/N=C\c2ccc(-c3cccc(Cl)c3)o2)c1. The molecule has 0 aliphatic rings. The van der Waals surface area contributed by atoms with Crippen LogP contribution in [0, 0.1) is 0 Å². The van der Waals surface area contributed by atoms with Crippen LogP contribution in [0.4, 0.5) is 17.3 Å². The van der Waals surface area contributed by atoms with E-state index in [-0.39, 0.29) is 11.3 Å². The first-order valence-electron chi connectivity index (χ1n) is 9.32. The van der Waals surface area contributed by atoms with Gasteiger partial charge in [-0.15, -0.1) is 0 Å². The van der Waals surface area contributed by atoms with Crippen LogP contribution in [0.15, 0.2) is 74.8 Å². The fraction of sp³-hybridized carbons (Fsp3) is 0. The molecule has 5 aromatic rings. The summed E-state index contributed by atoms with van der Waals surface area (Å²) < 4.78 is 10.5. The highest BCUT2D eigenvalue weighted by Crippen LogP contribution is 2.26. The molecule has 3 heterocycles. The van der Waals surface area contributed by atoms with Gasteiger partial charge < -0.3 is 9.73 Å². The van der Waals surface area contributed by atoms with E-state index in [0.717, 1.165) is 5.56 Å². The topological polar surface area (TPSA) is 114 Å². The Labute approximate surface area is 191 Å². The first kappa shape index (κ1) is 20.0. The second kappa shape index (κ2) is 8.66. The number of hydrogen-bond acceptors (Lipinski definition) is 9. The Hall–Kier alpha value is -3.95. The molecule has 2 aromatic carbocycles. The Bertz CT molecular complexity index is 1430. The summed E-state index contributed by atoms with van der Waals surface area (Å²) in [6.07, 6.45) is 1.52. The summed E-state index contributed by atoms with van der Waals surface area (Å²) in [5.41, 5.74) is 4.92. The molecule has 0 aliphatic heterocycles. The summed E-state index contributed by atoms with van der Waals surface area (Å²) in [6.45, 7) is 0. The number of rotatable bonds is 6. The smallest absolute Gasteiger partial charge is 0.245 e. The number of hydrogen-bond donors (Lipinski definition) is 2. The van der Waals surface area contributed by atoms with E-state index in [4.69, 9.17) is 32.2 Å². The first-order chi connectivity index (χ1) is 15.6. The molecule has 0 saturated carbocycles. The Kier molecular flexibility index (Phi) is 5.40. The van der Waals surface area contributed by atoms with Crippen LogP contribution < -0.4 is 10.7 Å². The molecule has 0 bridgehead atoms. The van der Waals surface area contributed by atoms with Gasteiger partial charge in [0.1, 0.15) is 11.5 Å². The van der Waals surface area contributed by atoms with Crippen molar-refractivity contribution < 1.29 is 9.05 Å². The fourth-order valence-electron chi connectivity index (χ4n) is 2.88. The standard InChI is InChI=1S/C21H13Cl2N7O2/c22-13-4-1-3-12(9-13)17-8-7-16(31-17)11-24-28-19-18(25-15-6-2-5-14(23)10-15)26-20-21(27-19)30-32-29-20/h1-11H,(H,25,26,29)(H,27,28,30)/b24-11-. The lowest BCUT2D eigenvalue weighted by atomic mass is 10.2. The van der Waals surface area contributed by atoms with E-state index in [9.17, 15) is 0 Å². The van der Waals surface area contributed by atoms with Crippen LogP contribution in [-0.4, -0.2) is 26.5 Å². The van der Waals surface area contributed by atoms with Gasteiger partial charge >= 0.3 is 0 Å². The summed E-state index contributed by atoms with van der Waals surface area (Å²) in [7, 11) is 0. The Morgan fingerprint density at radius 2 is 1.59 bits per heavy atom. The normalized spacial score (nSPS) is 11.3. The van der Waals surface area contributed by atoms with Gasteiger partial charge in [0, 0.05) is 21.3 Å². The molecule has 2 N–H and O–H groups in total. The maximum absolute atomic E-state index is 6.06. The van der Waals surface area contributed by atoms with Crippen LogP contribution in [-0.2, 0) is 0 Å². The van der Waals surface area contributed by atoms with Gasteiger partial charge in [-0.2, -0.15) is 10.1 Å². The Morgan fingerprint density at radius 3 is 2.38 bits per heavy atom. The minimum absolute atomic E-state index is 0.237. The van der Waals surface area contributed by atoms with E-state index in [1.807, 2.05) is 36.4 Å². The van der Waals surface area contributed by atoms with Crippen molar-refractivity contribution in [2.24, 2.45) is 5.10 Å².